The molecule has 1 aliphatic heterocycles. The van der Waals surface area contributed by atoms with Crippen molar-refractivity contribution in [3.05, 3.63) is 57.1 Å². The molecule has 1 unspecified atom stereocenters. The summed E-state index contributed by atoms with van der Waals surface area (Å²) in [7, 11) is 0. The van der Waals surface area contributed by atoms with Crippen LogP contribution in [0.25, 0.3) is 0 Å². The summed E-state index contributed by atoms with van der Waals surface area (Å²) in [4.78, 5) is 11.7. The molecule has 0 saturated carbocycles. The zero-order chi connectivity index (χ0) is 16.7. The molecule has 5 nitrogen and oxygen atoms in total. The van der Waals surface area contributed by atoms with Gasteiger partial charge in [0.2, 0.25) is 0 Å². The minimum absolute atomic E-state index is 0.0193. The Hall–Kier alpha value is -2.09. The van der Waals surface area contributed by atoms with Crippen LogP contribution in [0.2, 0.25) is 10.0 Å². The van der Waals surface area contributed by atoms with Gasteiger partial charge in [-0.2, -0.15) is 5.43 Å². The molecular formula is C14H9Cl2F2N3O2. The monoisotopic (exact) mass is 359 g/mol. The number of hydrogen-bond donors (Lipinski definition) is 3. The van der Waals surface area contributed by atoms with Crippen molar-refractivity contribution in [3.8, 4) is 5.75 Å². The van der Waals surface area contributed by atoms with Crippen molar-refractivity contribution < 1.29 is 18.3 Å². The lowest BCUT2D eigenvalue weighted by Crippen LogP contribution is -2.48. The fraction of sp³-hybridized carbons (Fsp3) is 0.0714. The van der Waals surface area contributed by atoms with Gasteiger partial charge in [-0.05, 0) is 24.3 Å². The number of carbonyl (C=O) groups is 1. The number of ether oxygens (including phenoxy) is 1. The molecule has 1 amide bonds. The molecule has 0 aromatic heterocycles. The number of hydrogen-bond acceptors (Lipinski definition) is 4. The molecule has 120 valence electrons. The van der Waals surface area contributed by atoms with Gasteiger partial charge in [0.05, 0.1) is 21.2 Å². The molecule has 4 N–H and O–H groups in total. The topological polar surface area (TPSA) is 76.4 Å². The third-order valence-electron chi connectivity index (χ3n) is 3.20. The lowest BCUT2D eigenvalue weighted by molar-refractivity contribution is 0.0773. The minimum atomic E-state index is -1.22. The Balaban J connectivity index is 2.06. The summed E-state index contributed by atoms with van der Waals surface area (Å²) in [5.74, 6) is -2.47. The van der Waals surface area contributed by atoms with E-state index in [1.807, 2.05) is 0 Å². The van der Waals surface area contributed by atoms with Gasteiger partial charge in [0.1, 0.15) is 11.6 Å². The van der Waals surface area contributed by atoms with E-state index in [1.165, 1.54) is 12.1 Å². The van der Waals surface area contributed by atoms with E-state index in [0.717, 1.165) is 12.1 Å². The highest BCUT2D eigenvalue weighted by Crippen LogP contribution is 2.38. The normalized spacial score (nSPS) is 16.7. The first-order chi connectivity index (χ1) is 10.9. The number of rotatable bonds is 2. The van der Waals surface area contributed by atoms with Crippen molar-refractivity contribution in [3.63, 3.8) is 0 Å². The minimum Gasteiger partial charge on any atom is -0.466 e. The van der Waals surface area contributed by atoms with Crippen molar-refractivity contribution >= 4 is 34.8 Å². The second-order valence-corrected chi connectivity index (χ2v) is 5.54. The molecule has 0 saturated heterocycles. The van der Waals surface area contributed by atoms with E-state index >= 15 is 0 Å². The second kappa shape index (κ2) is 5.84. The van der Waals surface area contributed by atoms with Crippen molar-refractivity contribution in [2.75, 3.05) is 5.73 Å². The number of carbonyl (C=O) groups excluding carboxylic acids is 1. The quantitative estimate of drug-likeness (QED) is 0.719. The van der Waals surface area contributed by atoms with Gasteiger partial charge in [0.15, 0.2) is 12.0 Å². The predicted octanol–water partition coefficient (Wildman–Crippen LogP) is 3.18. The van der Waals surface area contributed by atoms with Gasteiger partial charge in [-0.1, -0.05) is 23.2 Å². The van der Waals surface area contributed by atoms with E-state index in [-0.39, 0.29) is 21.4 Å². The van der Waals surface area contributed by atoms with Crippen LogP contribution in [0.15, 0.2) is 24.3 Å². The Morgan fingerprint density at radius 2 is 1.74 bits per heavy atom. The van der Waals surface area contributed by atoms with E-state index in [1.54, 1.807) is 0 Å². The van der Waals surface area contributed by atoms with Crippen LogP contribution in [0.3, 0.4) is 0 Å². The highest BCUT2D eigenvalue weighted by molar-refractivity contribution is 6.37. The summed E-state index contributed by atoms with van der Waals surface area (Å²) in [5.41, 5.74) is 9.81. The van der Waals surface area contributed by atoms with Gasteiger partial charge in [-0.3, -0.25) is 10.2 Å². The maximum absolute atomic E-state index is 14.1. The lowest BCUT2D eigenvalue weighted by atomic mass is 10.0. The zero-order valence-electron chi connectivity index (χ0n) is 11.3. The standard InChI is InChI=1S/C14H9Cl2F2N3O2/c15-6-3-5(19)4-7(16)12(6)23-14-11-9(18)2-1-8(17)10(11)13(22)20-21-14/h1-4,14,21H,19H2,(H,20,22). The number of hydrazine groups is 1. The number of anilines is 1. The number of halogens is 4. The highest BCUT2D eigenvalue weighted by atomic mass is 35.5. The predicted molar refractivity (Wildman–Crippen MR) is 81.2 cm³/mol. The van der Waals surface area contributed by atoms with Crippen LogP contribution in [0.4, 0.5) is 14.5 Å². The van der Waals surface area contributed by atoms with Crippen molar-refractivity contribution in [2.45, 2.75) is 6.23 Å². The summed E-state index contributed by atoms with van der Waals surface area (Å²) >= 11 is 12.0. The molecule has 1 aliphatic rings. The van der Waals surface area contributed by atoms with Crippen LogP contribution in [0.1, 0.15) is 22.1 Å². The fourth-order valence-corrected chi connectivity index (χ4v) is 2.81. The first-order valence-corrected chi connectivity index (χ1v) is 7.09. The van der Waals surface area contributed by atoms with Gasteiger partial charge in [-0.15, -0.1) is 0 Å². The van der Waals surface area contributed by atoms with E-state index in [9.17, 15) is 13.6 Å². The van der Waals surface area contributed by atoms with E-state index in [4.69, 9.17) is 33.7 Å². The number of nitrogens with one attached hydrogen (secondary N) is 2. The first kappa shape index (κ1) is 15.8. The van der Waals surface area contributed by atoms with E-state index in [0.29, 0.717) is 5.69 Å². The average Bonchev–Trinajstić information content (AvgIpc) is 2.48. The number of amides is 1. The van der Waals surface area contributed by atoms with Crippen LogP contribution < -0.4 is 21.3 Å². The zero-order valence-corrected chi connectivity index (χ0v) is 12.8. The number of nitrogens with two attached hydrogens (primary N) is 1. The largest absolute Gasteiger partial charge is 0.466 e. The average molecular weight is 360 g/mol. The van der Waals surface area contributed by atoms with Gasteiger partial charge >= 0.3 is 0 Å². The maximum atomic E-state index is 14.1. The SMILES string of the molecule is Nc1cc(Cl)c(OC2NNC(=O)c3c(F)ccc(F)c32)c(Cl)c1. The van der Waals surface area contributed by atoms with Crippen LogP contribution >= 0.6 is 23.2 Å². The Kier molecular flexibility index (Phi) is 4.01. The van der Waals surface area contributed by atoms with Crippen molar-refractivity contribution in [2.24, 2.45) is 0 Å². The van der Waals surface area contributed by atoms with Gasteiger partial charge in [0, 0.05) is 5.69 Å². The van der Waals surface area contributed by atoms with Gasteiger partial charge in [-0.25, -0.2) is 8.78 Å². The molecule has 3 rings (SSSR count). The molecule has 0 spiro atoms. The highest BCUT2D eigenvalue weighted by Gasteiger charge is 2.33. The summed E-state index contributed by atoms with van der Waals surface area (Å²) in [6.07, 6.45) is -1.22. The summed E-state index contributed by atoms with van der Waals surface area (Å²) in [6, 6.07) is 4.55. The maximum Gasteiger partial charge on any atom is 0.269 e. The van der Waals surface area contributed by atoms with Crippen LogP contribution in [0, 0.1) is 11.6 Å². The third-order valence-corrected chi connectivity index (χ3v) is 3.77. The Labute approximate surface area is 139 Å². The molecule has 23 heavy (non-hydrogen) atoms. The molecule has 9 heteroatoms. The molecule has 0 bridgehead atoms. The summed E-state index contributed by atoms with van der Waals surface area (Å²) in [6.45, 7) is 0. The Morgan fingerprint density at radius 1 is 1.13 bits per heavy atom. The van der Waals surface area contributed by atoms with Crippen molar-refractivity contribution in [1.82, 2.24) is 10.9 Å². The van der Waals surface area contributed by atoms with Crippen LogP contribution in [0.5, 0.6) is 5.75 Å². The lowest BCUT2D eigenvalue weighted by Gasteiger charge is -2.28. The Bertz CT molecular complexity index is 794. The molecule has 0 aliphatic carbocycles. The number of benzene rings is 2. The smallest absolute Gasteiger partial charge is 0.269 e. The number of fused-ring (bicyclic) bond motifs is 1. The molecule has 1 atom stereocenters. The summed E-state index contributed by atoms with van der Waals surface area (Å²) < 4.78 is 33.5. The number of nitrogen functional groups attached to an aromatic ring is 1. The molecule has 2 aromatic rings. The fourth-order valence-electron chi connectivity index (χ4n) is 2.22. The van der Waals surface area contributed by atoms with E-state index < -0.39 is 29.3 Å². The van der Waals surface area contributed by atoms with Crippen molar-refractivity contribution in [1.29, 1.82) is 0 Å². The van der Waals surface area contributed by atoms with Crippen LogP contribution in [-0.4, -0.2) is 5.91 Å². The molecule has 0 radical (unpaired) electrons. The molecular weight excluding hydrogens is 351 g/mol. The molecule has 2 aromatic carbocycles. The van der Waals surface area contributed by atoms with Crippen LogP contribution in [-0.2, 0) is 0 Å². The summed E-state index contributed by atoms with van der Waals surface area (Å²) in [5, 5.41) is 0.180. The first-order valence-electron chi connectivity index (χ1n) is 6.33. The van der Waals surface area contributed by atoms with E-state index in [2.05, 4.69) is 10.9 Å². The Morgan fingerprint density at radius 3 is 2.39 bits per heavy atom. The van der Waals surface area contributed by atoms with Gasteiger partial charge < -0.3 is 10.5 Å². The molecule has 0 fully saturated rings. The van der Waals surface area contributed by atoms with Gasteiger partial charge in [0.25, 0.3) is 5.91 Å². The third kappa shape index (κ3) is 2.78. The molecule has 1 heterocycles. The second-order valence-electron chi connectivity index (χ2n) is 4.73.